The molecule has 0 aromatic heterocycles. The summed E-state index contributed by atoms with van der Waals surface area (Å²) in [6, 6.07) is 16.1. The molecule has 1 saturated carbocycles. The lowest BCUT2D eigenvalue weighted by molar-refractivity contribution is -0.143. The number of fused-ring (bicyclic) bond motifs is 2. The average molecular weight is 448 g/mol. The molecule has 1 fully saturated rings. The second-order valence-corrected chi connectivity index (χ2v) is 10.7. The highest BCUT2D eigenvalue weighted by atomic mass is 35.5. The molecule has 3 nitrogen and oxygen atoms in total. The van der Waals surface area contributed by atoms with Gasteiger partial charge in [-0.15, -0.1) is 0 Å². The third-order valence-corrected chi connectivity index (χ3v) is 8.09. The van der Waals surface area contributed by atoms with E-state index in [1.54, 1.807) is 0 Å². The van der Waals surface area contributed by atoms with Gasteiger partial charge in [0.2, 0.25) is 0 Å². The van der Waals surface area contributed by atoms with Gasteiger partial charge in [-0.2, -0.15) is 0 Å². The number of hydrogen-bond acceptors (Lipinski definition) is 2. The van der Waals surface area contributed by atoms with Gasteiger partial charge in [0.25, 0.3) is 0 Å². The normalized spacial score (nSPS) is 28.2. The third-order valence-electron chi connectivity index (χ3n) is 7.86. The number of carboxylic acid groups (broad SMARTS) is 1. The van der Waals surface area contributed by atoms with Gasteiger partial charge >= 0.3 is 5.97 Å². The number of rotatable bonds is 4. The van der Waals surface area contributed by atoms with E-state index in [0.29, 0.717) is 11.4 Å². The van der Waals surface area contributed by atoms with Crippen molar-refractivity contribution in [3.8, 4) is 0 Å². The molecule has 3 aliphatic carbocycles. The molecule has 2 N–H and O–H groups in total. The van der Waals surface area contributed by atoms with Crippen LogP contribution in [0.5, 0.6) is 0 Å². The minimum Gasteiger partial charge on any atom is -0.481 e. The van der Waals surface area contributed by atoms with Gasteiger partial charge in [-0.1, -0.05) is 67.9 Å². The first-order valence-electron chi connectivity index (χ1n) is 11.6. The molecule has 1 unspecified atom stereocenters. The molecular weight excluding hydrogens is 418 g/mol. The smallest absolute Gasteiger partial charge is 0.308 e. The topological polar surface area (TPSA) is 49.3 Å². The summed E-state index contributed by atoms with van der Waals surface area (Å²) in [6.45, 7) is 4.68. The molecule has 5 rings (SSSR count). The van der Waals surface area contributed by atoms with Crippen molar-refractivity contribution in [3.63, 3.8) is 0 Å². The SMILES string of the molecule is CC1(C)CCC=C1C1=Cc2ccccc2[C@@]12CC[C@H](C(=O)O)C(Nc1cccc(Cl)c1)C2. The Morgan fingerprint density at radius 3 is 2.62 bits per heavy atom. The van der Waals surface area contributed by atoms with Crippen LogP contribution in [0.15, 0.2) is 65.8 Å². The molecule has 2 aromatic rings. The van der Waals surface area contributed by atoms with E-state index >= 15 is 0 Å². The molecule has 0 amide bonds. The van der Waals surface area contributed by atoms with Crippen LogP contribution in [0.2, 0.25) is 5.02 Å². The lowest BCUT2D eigenvalue weighted by Crippen LogP contribution is -2.47. The van der Waals surface area contributed by atoms with Crippen molar-refractivity contribution >= 4 is 29.3 Å². The Hall–Kier alpha value is -2.52. The molecule has 0 saturated heterocycles. The number of anilines is 1. The maximum atomic E-state index is 12.2. The lowest BCUT2D eigenvalue weighted by Gasteiger charge is -2.46. The monoisotopic (exact) mass is 447 g/mol. The number of allylic oxidation sites excluding steroid dienone is 3. The van der Waals surface area contributed by atoms with Crippen molar-refractivity contribution in [3.05, 3.63) is 81.9 Å². The summed E-state index contributed by atoms with van der Waals surface area (Å²) in [5.74, 6) is -1.16. The second kappa shape index (κ2) is 7.81. The lowest BCUT2D eigenvalue weighted by atomic mass is 9.60. The molecule has 0 radical (unpaired) electrons. The van der Waals surface area contributed by atoms with E-state index in [0.717, 1.165) is 31.4 Å². The summed E-state index contributed by atoms with van der Waals surface area (Å²) in [4.78, 5) is 12.2. The van der Waals surface area contributed by atoms with E-state index in [-0.39, 0.29) is 16.9 Å². The van der Waals surface area contributed by atoms with Crippen LogP contribution in [0.3, 0.4) is 0 Å². The first kappa shape index (κ1) is 21.3. The van der Waals surface area contributed by atoms with Gasteiger partial charge in [-0.05, 0) is 78.0 Å². The highest BCUT2D eigenvalue weighted by Crippen LogP contribution is 2.58. The van der Waals surface area contributed by atoms with E-state index in [4.69, 9.17) is 11.6 Å². The first-order valence-corrected chi connectivity index (χ1v) is 12.0. The standard InChI is InChI=1S/C28H30ClNO2/c1-27(2)13-6-11-23(27)24-15-18-7-3-4-10-22(18)28(24)14-12-21(26(31)32)25(17-28)30-20-9-5-8-19(29)16-20/h3-5,7-11,15-16,21,25,30H,6,12-14,17H2,1-2H3,(H,31,32)/t21-,25?,28-/m0/s1. The Bertz CT molecular complexity index is 1130. The number of carbonyl (C=O) groups is 1. The fourth-order valence-electron chi connectivity index (χ4n) is 6.25. The molecule has 2 aromatic carbocycles. The number of nitrogens with one attached hydrogen (secondary N) is 1. The predicted molar refractivity (Wildman–Crippen MR) is 131 cm³/mol. The van der Waals surface area contributed by atoms with Crippen LogP contribution in [0.4, 0.5) is 5.69 Å². The zero-order valence-corrected chi connectivity index (χ0v) is 19.5. The number of aliphatic carboxylic acids is 1. The Kier molecular flexibility index (Phi) is 5.21. The zero-order chi connectivity index (χ0) is 22.5. The van der Waals surface area contributed by atoms with Crippen molar-refractivity contribution in [2.75, 3.05) is 5.32 Å². The summed E-state index contributed by atoms with van der Waals surface area (Å²) in [5, 5.41) is 14.2. The van der Waals surface area contributed by atoms with E-state index in [1.165, 1.54) is 22.3 Å². The van der Waals surface area contributed by atoms with E-state index in [1.807, 2.05) is 24.3 Å². The minimum absolute atomic E-state index is 0.139. The van der Waals surface area contributed by atoms with Gasteiger partial charge in [0.1, 0.15) is 0 Å². The largest absolute Gasteiger partial charge is 0.481 e. The van der Waals surface area contributed by atoms with E-state index in [2.05, 4.69) is 55.6 Å². The zero-order valence-electron chi connectivity index (χ0n) is 18.7. The fraction of sp³-hybridized carbons (Fsp3) is 0.393. The molecule has 3 aliphatic rings. The predicted octanol–water partition coefficient (Wildman–Crippen LogP) is 7.09. The Balaban J connectivity index is 1.58. The number of carboxylic acids is 1. The molecule has 1 spiro atoms. The highest BCUT2D eigenvalue weighted by Gasteiger charge is 2.51. The van der Waals surface area contributed by atoms with Crippen molar-refractivity contribution in [1.29, 1.82) is 0 Å². The summed E-state index contributed by atoms with van der Waals surface area (Å²) < 4.78 is 0. The van der Waals surface area contributed by atoms with Crippen LogP contribution in [0, 0.1) is 11.3 Å². The molecule has 0 aliphatic heterocycles. The first-order chi connectivity index (χ1) is 15.3. The van der Waals surface area contributed by atoms with Gasteiger partial charge in [0.05, 0.1) is 5.92 Å². The molecular formula is C28H30ClNO2. The Labute approximate surface area is 195 Å². The summed E-state index contributed by atoms with van der Waals surface area (Å²) in [6.07, 6.45) is 9.32. The van der Waals surface area contributed by atoms with Gasteiger partial charge in [-0.25, -0.2) is 0 Å². The fourth-order valence-corrected chi connectivity index (χ4v) is 6.44. The van der Waals surface area contributed by atoms with Gasteiger partial charge in [0.15, 0.2) is 0 Å². The number of hydrogen-bond donors (Lipinski definition) is 2. The van der Waals surface area contributed by atoms with Crippen molar-refractivity contribution in [2.24, 2.45) is 11.3 Å². The van der Waals surface area contributed by atoms with Crippen molar-refractivity contribution < 1.29 is 9.90 Å². The second-order valence-electron chi connectivity index (χ2n) is 10.2. The molecule has 4 heteroatoms. The van der Waals surface area contributed by atoms with Crippen molar-refractivity contribution in [1.82, 2.24) is 0 Å². The maximum absolute atomic E-state index is 12.2. The Morgan fingerprint density at radius 2 is 1.91 bits per heavy atom. The maximum Gasteiger partial charge on any atom is 0.308 e. The molecule has 32 heavy (non-hydrogen) atoms. The van der Waals surface area contributed by atoms with Crippen molar-refractivity contribution in [2.45, 2.75) is 57.4 Å². The van der Waals surface area contributed by atoms with Crippen LogP contribution >= 0.6 is 11.6 Å². The molecule has 166 valence electrons. The molecule has 0 bridgehead atoms. The molecule has 3 atom stereocenters. The number of halogens is 1. The summed E-state index contributed by atoms with van der Waals surface area (Å²) in [5.41, 5.74) is 6.34. The minimum atomic E-state index is -0.725. The molecule has 0 heterocycles. The van der Waals surface area contributed by atoms with Gasteiger partial charge < -0.3 is 10.4 Å². The van der Waals surface area contributed by atoms with Crippen LogP contribution in [0.1, 0.15) is 57.1 Å². The van der Waals surface area contributed by atoms with Gasteiger partial charge in [-0.3, -0.25) is 4.79 Å². The highest BCUT2D eigenvalue weighted by molar-refractivity contribution is 6.30. The van der Waals surface area contributed by atoms with Crippen LogP contribution in [0.25, 0.3) is 6.08 Å². The number of benzene rings is 2. The Morgan fingerprint density at radius 1 is 1.09 bits per heavy atom. The third kappa shape index (κ3) is 3.47. The van der Waals surface area contributed by atoms with E-state index < -0.39 is 11.9 Å². The summed E-state index contributed by atoms with van der Waals surface area (Å²) in [7, 11) is 0. The van der Waals surface area contributed by atoms with E-state index in [9.17, 15) is 9.90 Å². The van der Waals surface area contributed by atoms with Crippen LogP contribution < -0.4 is 5.32 Å². The summed E-state index contributed by atoms with van der Waals surface area (Å²) >= 11 is 6.22. The van der Waals surface area contributed by atoms with Gasteiger partial charge in [0, 0.05) is 22.2 Å². The van der Waals surface area contributed by atoms with Crippen LogP contribution in [-0.4, -0.2) is 17.1 Å². The average Bonchev–Trinajstić information content (AvgIpc) is 3.24. The quantitative estimate of drug-likeness (QED) is 0.526. The van der Waals surface area contributed by atoms with Crippen LogP contribution in [-0.2, 0) is 10.2 Å².